The molecule has 0 aliphatic carbocycles. The number of rotatable bonds is 65. The highest BCUT2D eigenvalue weighted by Gasteiger charge is 2.23. The van der Waals surface area contributed by atoms with Gasteiger partial charge in [0.15, 0.2) is 0 Å². The summed E-state index contributed by atoms with van der Waals surface area (Å²) in [6.07, 6.45) is 0. The van der Waals surface area contributed by atoms with Crippen LogP contribution in [0, 0.1) is 23.7 Å². The summed E-state index contributed by atoms with van der Waals surface area (Å²) < 4.78 is 292. The van der Waals surface area contributed by atoms with Crippen LogP contribution in [0.2, 0.25) is 0 Å². The Morgan fingerprint density at radius 1 is 0.231 bits per heavy atom. The molecule has 17 unspecified atom stereocenters. The molecule has 0 aromatic carbocycles. The van der Waals surface area contributed by atoms with Gasteiger partial charge in [-0.25, -0.2) is 0 Å². The molecule has 630 valence electrons. The van der Waals surface area contributed by atoms with E-state index < -0.39 is 297 Å². The molecule has 0 fully saturated rings. The Morgan fingerprint density at radius 3 is 0.529 bits per heavy atom. The van der Waals surface area contributed by atoms with Gasteiger partial charge in [0.1, 0.15) is 0 Å². The van der Waals surface area contributed by atoms with Crippen molar-refractivity contribution in [2.45, 2.75) is 13.8 Å². The van der Waals surface area contributed by atoms with E-state index in [1.54, 1.807) is 0 Å². The first kappa shape index (κ1) is 109. The van der Waals surface area contributed by atoms with Crippen molar-refractivity contribution >= 4 is 102 Å². The number of aliphatic hydroxyl groups excluding tert-OH is 1. The van der Waals surface area contributed by atoms with Crippen LogP contribution < -0.4 is 63.6 Å². The highest BCUT2D eigenvalue weighted by atomic mass is 31.2. The van der Waals surface area contributed by atoms with E-state index in [1.165, 1.54) is 13.8 Å². The summed E-state index contributed by atoms with van der Waals surface area (Å²) in [7, 11) is -66.0. The quantitative estimate of drug-likeness (QED) is 0.0251. The minimum absolute atomic E-state index is 0.377. The Morgan fingerprint density at radius 2 is 0.375 bits per heavy atom. The van der Waals surface area contributed by atoms with Crippen LogP contribution in [0.3, 0.4) is 0 Å². The lowest BCUT2D eigenvalue weighted by atomic mass is 10.2. The van der Waals surface area contributed by atoms with Crippen molar-refractivity contribution in [3.63, 3.8) is 0 Å². The Hall–Kier alpha value is 1.11. The Balaban J connectivity index is -0.00000242. The SMILES string of the molecule is CC(CF)COP(=O)([O-])OCCOP(=O)([O-])O.CC(CF)COP(=O)([O-])OCCOP(=O)([O-])O.O=P([O-])(O)OCC(CF)COP(=O)([O-])OCCOP(=O)([O-])OCCOP(=O)([O-])OCCOP(=O)([O-])OCCOP(=O)([O-])OCCOP(=O)([O-])OCCOP(=O)([O-])OCCOP(=O)([O-])OCC(CO)CF. The molecule has 0 rings (SSSR count). The van der Waals surface area contributed by atoms with Gasteiger partial charge in [0, 0.05) is 23.7 Å². The predicted molar refractivity (Wildman–Crippen MR) is 299 cm³/mol. The third kappa shape index (κ3) is 72.1. The van der Waals surface area contributed by atoms with Crippen LogP contribution in [0.4, 0.5) is 17.6 Å². The van der Waals surface area contributed by atoms with Crippen LogP contribution in [0.25, 0.3) is 0 Å². The zero-order valence-corrected chi connectivity index (χ0v) is 64.9. The van der Waals surface area contributed by atoms with Gasteiger partial charge >= 0.3 is 0 Å². The van der Waals surface area contributed by atoms with Crippen LogP contribution in [0.1, 0.15) is 13.8 Å². The van der Waals surface area contributed by atoms with Crippen LogP contribution in [0.5, 0.6) is 0 Å². The van der Waals surface area contributed by atoms with Crippen molar-refractivity contribution in [2.24, 2.45) is 23.7 Å². The number of halogens is 4. The summed E-state index contributed by atoms with van der Waals surface area (Å²) in [5.74, 6) is -3.84. The van der Waals surface area contributed by atoms with Crippen molar-refractivity contribution in [1.82, 2.24) is 0 Å². The van der Waals surface area contributed by atoms with E-state index in [9.17, 15) is 141 Å². The van der Waals surface area contributed by atoms with Gasteiger partial charge in [-0.05, 0) is 0 Å². The highest BCUT2D eigenvalue weighted by Crippen LogP contribution is 2.47. The molecular formula is C34H70F4O53P13-13. The first-order valence-corrected chi connectivity index (χ1v) is 46.4. The van der Waals surface area contributed by atoms with E-state index in [0.717, 1.165) is 0 Å². The Kier molecular flexibility index (Phi) is 57.6. The normalized spacial score (nSPS) is 20.9. The maximum absolute atomic E-state index is 12.8. The molecule has 0 amide bonds. The van der Waals surface area contributed by atoms with E-state index in [0.29, 0.717) is 0 Å². The Labute approximate surface area is 587 Å². The lowest BCUT2D eigenvalue weighted by Gasteiger charge is -2.27. The topological polar surface area (TPSA) is 815 Å². The van der Waals surface area contributed by atoms with Crippen LogP contribution in [-0.2, 0) is 163 Å². The molecule has 70 heteroatoms. The summed E-state index contributed by atoms with van der Waals surface area (Å²) in [5.41, 5.74) is 0. The van der Waals surface area contributed by atoms with Gasteiger partial charge in [0.25, 0.3) is 102 Å². The molecule has 0 radical (unpaired) electrons. The third-order valence-electron chi connectivity index (χ3n) is 8.92. The molecule has 0 bridgehead atoms. The van der Waals surface area contributed by atoms with Gasteiger partial charge in [-0.2, -0.15) is 0 Å². The third-order valence-corrected chi connectivity index (χ3v) is 20.3. The maximum atomic E-state index is 12.8. The van der Waals surface area contributed by atoms with E-state index in [4.69, 9.17) is 19.8 Å². The average molecular weight is 1810 g/mol. The number of aliphatic hydroxyl groups is 1. The minimum atomic E-state index is -5.28. The zero-order valence-electron chi connectivity index (χ0n) is 53.2. The standard InChI is InChI=1S/C22H53F2O37P9.2C6H15FO8P2/c23-15-21(17-25)18-60-69(41,42)57-13-11-55-67(37,38)53-9-7-51-65(33,34)49-5-3-47-63(29,30)45-1-2-46-64(31,32)48-4-6-50-66(35,36)52-8-10-54-68(39,40)56-12-14-58-70(43,44)61-20-22(16-24)19-59-62(26,27)28;2*1-6(4-7)5-15-17(11,12)14-3-2-13-16(8,9)10/h21-22,25H,1-20H2,(H,29,30)(H,31,32)(H,33,34)(H,35,36)(H,37,38)(H,39,40)(H,41,42)(H,43,44)(H2,26,27,28);2*6H,2-5H2,1H3,(H,11,12)(H2,8,9,10)/p-13. The van der Waals surface area contributed by atoms with Crippen LogP contribution in [-0.4, -0.2) is 205 Å². The predicted octanol–water partition coefficient (Wildman–Crippen LogP) is -5.22. The largest absolute Gasteiger partial charge is 0.756 e. The van der Waals surface area contributed by atoms with Gasteiger partial charge in [0.05, 0.1) is 185 Å². The second kappa shape index (κ2) is 54.8. The smallest absolute Gasteiger partial charge is 0.268 e. The maximum Gasteiger partial charge on any atom is 0.268 e. The average Bonchev–Trinajstić information content (AvgIpc) is 0.922. The van der Waals surface area contributed by atoms with Crippen LogP contribution >= 0.6 is 102 Å². The van der Waals surface area contributed by atoms with Gasteiger partial charge in [-0.15, -0.1) is 0 Å². The van der Waals surface area contributed by atoms with Gasteiger partial charge in [-0.1, -0.05) is 13.8 Å². The molecule has 17 atom stereocenters. The van der Waals surface area contributed by atoms with Gasteiger partial charge < -0.3 is 187 Å². The molecule has 53 nitrogen and oxygen atoms in total. The summed E-state index contributed by atoms with van der Waals surface area (Å²) in [4.78, 5) is 171. The van der Waals surface area contributed by atoms with E-state index >= 15 is 0 Å². The number of alkyl halides is 4. The first-order valence-electron chi connectivity index (χ1n) is 27.3. The minimum Gasteiger partial charge on any atom is -0.756 e. The molecule has 0 spiro atoms. The molecule has 104 heavy (non-hydrogen) atoms. The van der Waals surface area contributed by atoms with Gasteiger partial charge in [-0.3, -0.25) is 76.9 Å². The molecular weight excluding hydrogens is 1730 g/mol. The summed E-state index contributed by atoms with van der Waals surface area (Å²) >= 11 is 0. The zero-order chi connectivity index (χ0) is 80.9. The lowest BCUT2D eigenvalue weighted by molar-refractivity contribution is -0.238. The molecule has 0 aromatic rings. The number of phosphoric acid groups is 13. The molecule has 0 aliphatic rings. The van der Waals surface area contributed by atoms with Gasteiger partial charge in [0.2, 0.25) is 0 Å². The van der Waals surface area contributed by atoms with Crippen molar-refractivity contribution in [1.29, 1.82) is 0 Å². The number of hydrogen-bond donors (Lipinski definition) is 4. The van der Waals surface area contributed by atoms with E-state index in [2.05, 4.69) is 104 Å². The molecule has 0 aromatic heterocycles. The molecule has 4 N–H and O–H groups in total. The molecule has 0 heterocycles. The van der Waals surface area contributed by atoms with E-state index in [-0.39, 0.29) is 13.2 Å². The second-order valence-electron chi connectivity index (χ2n) is 18.1. The fourth-order valence-corrected chi connectivity index (χ4v) is 12.7. The fraction of sp³-hybridized carbons (Fsp3) is 1.00. The second-order valence-corrected chi connectivity index (χ2v) is 35.8. The highest BCUT2D eigenvalue weighted by molar-refractivity contribution is 7.48. The number of phosphoric ester groups is 13. The van der Waals surface area contributed by atoms with Crippen molar-refractivity contribution < 1.29 is 264 Å². The molecule has 0 saturated heterocycles. The van der Waals surface area contributed by atoms with Crippen molar-refractivity contribution in [2.75, 3.05) is 185 Å². The summed E-state index contributed by atoms with van der Waals surface area (Å²) in [6.45, 7) is -22.3. The van der Waals surface area contributed by atoms with E-state index in [1.807, 2.05) is 0 Å². The molecule has 0 aliphatic heterocycles. The monoisotopic (exact) mass is 1800 g/mol. The summed E-state index contributed by atoms with van der Waals surface area (Å²) in [5, 5.41) is 8.79. The first-order chi connectivity index (χ1) is 47.4. The van der Waals surface area contributed by atoms with Crippen LogP contribution in [0.15, 0.2) is 0 Å². The fourth-order valence-electron chi connectivity index (χ4n) is 4.47. The lowest BCUT2D eigenvalue weighted by Crippen LogP contribution is -2.21. The van der Waals surface area contributed by atoms with Crippen molar-refractivity contribution in [3.8, 4) is 0 Å². The van der Waals surface area contributed by atoms with Crippen molar-refractivity contribution in [3.05, 3.63) is 0 Å². The molecule has 0 saturated carbocycles. The number of hydrogen-bond acceptors (Lipinski definition) is 50. The summed E-state index contributed by atoms with van der Waals surface area (Å²) in [6, 6.07) is 0. The Bertz CT molecular complexity index is 2930.